The number of amides is 1. The highest BCUT2D eigenvalue weighted by Crippen LogP contribution is 2.30. The molecule has 2 heterocycles. The quantitative estimate of drug-likeness (QED) is 0.624. The van der Waals surface area contributed by atoms with Crippen LogP contribution in [0.15, 0.2) is 48.5 Å². The van der Waals surface area contributed by atoms with Gasteiger partial charge in [0.25, 0.3) is 11.6 Å². The van der Waals surface area contributed by atoms with E-state index in [1.165, 1.54) is 18.2 Å². The van der Waals surface area contributed by atoms with Crippen LogP contribution in [0.5, 0.6) is 11.5 Å². The Balaban J connectivity index is 1.57. The van der Waals surface area contributed by atoms with E-state index in [0.717, 1.165) is 25.7 Å². The van der Waals surface area contributed by atoms with Crippen molar-refractivity contribution in [2.45, 2.75) is 43.8 Å². The summed E-state index contributed by atoms with van der Waals surface area (Å²) in [6.45, 7) is 0. The third-order valence-electron chi connectivity index (χ3n) is 5.20. The Morgan fingerprint density at radius 3 is 2.48 bits per heavy atom. The lowest BCUT2D eigenvalue weighted by Gasteiger charge is -2.29. The summed E-state index contributed by atoms with van der Waals surface area (Å²) in [6, 6.07) is 14.1. The fourth-order valence-corrected chi connectivity index (χ4v) is 3.95. The van der Waals surface area contributed by atoms with Crippen molar-refractivity contribution in [3.63, 3.8) is 0 Å². The third-order valence-corrected chi connectivity index (χ3v) is 5.20. The molecule has 27 heavy (non-hydrogen) atoms. The van der Waals surface area contributed by atoms with E-state index in [9.17, 15) is 14.9 Å². The van der Waals surface area contributed by atoms with E-state index in [-0.39, 0.29) is 23.2 Å². The molecule has 2 saturated heterocycles. The highest BCUT2D eigenvalue weighted by molar-refractivity contribution is 5.98. The molecule has 0 saturated carbocycles. The molecule has 0 radical (unpaired) electrons. The predicted octanol–water partition coefficient (Wildman–Crippen LogP) is 3.40. The van der Waals surface area contributed by atoms with Crippen LogP contribution < -0.4 is 15.4 Å². The van der Waals surface area contributed by atoms with Crippen molar-refractivity contribution < 1.29 is 14.5 Å². The Kier molecular flexibility index (Phi) is 4.77. The molecule has 7 nitrogen and oxygen atoms in total. The summed E-state index contributed by atoms with van der Waals surface area (Å²) in [5.41, 5.74) is 0.0462. The molecule has 2 aromatic rings. The van der Waals surface area contributed by atoms with Crippen molar-refractivity contribution in [1.29, 1.82) is 0 Å². The zero-order valence-electron chi connectivity index (χ0n) is 14.8. The largest absolute Gasteiger partial charge is 0.457 e. The summed E-state index contributed by atoms with van der Waals surface area (Å²) in [4.78, 5) is 23.5. The monoisotopic (exact) mass is 367 g/mol. The van der Waals surface area contributed by atoms with E-state index in [1.54, 1.807) is 12.1 Å². The summed E-state index contributed by atoms with van der Waals surface area (Å²) < 4.78 is 5.81. The summed E-state index contributed by atoms with van der Waals surface area (Å²) >= 11 is 0. The molecule has 2 N–H and O–H groups in total. The molecule has 4 rings (SSSR count). The number of para-hydroxylation sites is 1. The number of nitrogens with zero attached hydrogens (tertiary/aromatic N) is 1. The number of benzene rings is 2. The van der Waals surface area contributed by atoms with Gasteiger partial charge < -0.3 is 15.4 Å². The Labute approximate surface area is 156 Å². The molecular formula is C20H21N3O4. The smallest absolute Gasteiger partial charge is 0.270 e. The minimum atomic E-state index is -0.506. The number of carbonyl (C=O) groups excluding carboxylic acids is 1. The maximum Gasteiger partial charge on any atom is 0.270 e. The van der Waals surface area contributed by atoms with Gasteiger partial charge in [-0.15, -0.1) is 0 Å². The van der Waals surface area contributed by atoms with Crippen LogP contribution in [0.2, 0.25) is 0 Å². The van der Waals surface area contributed by atoms with Crippen molar-refractivity contribution in [2.24, 2.45) is 0 Å². The van der Waals surface area contributed by atoms with Gasteiger partial charge in [-0.25, -0.2) is 0 Å². The van der Waals surface area contributed by atoms with Crippen LogP contribution in [0, 0.1) is 10.1 Å². The second-order valence-electron chi connectivity index (χ2n) is 7.13. The van der Waals surface area contributed by atoms with Crippen LogP contribution in [0.3, 0.4) is 0 Å². The standard InChI is InChI=1S/C20H21N3O4/c24-20(22-15-10-13-6-7-14(11-15)21-13)18-12-16(23(25)26)8-9-19(18)27-17-4-2-1-3-5-17/h1-5,8-9,12-15,21H,6-7,10-11H2,(H,22,24). The zero-order valence-corrected chi connectivity index (χ0v) is 14.8. The molecule has 2 atom stereocenters. The Morgan fingerprint density at radius 2 is 1.81 bits per heavy atom. The molecule has 140 valence electrons. The van der Waals surface area contributed by atoms with Crippen LogP contribution in [-0.2, 0) is 0 Å². The molecule has 2 aliphatic rings. The number of hydrogen-bond donors (Lipinski definition) is 2. The van der Waals surface area contributed by atoms with Crippen molar-refractivity contribution in [3.8, 4) is 11.5 Å². The Hall–Kier alpha value is -2.93. The lowest BCUT2D eigenvalue weighted by Crippen LogP contribution is -2.48. The molecule has 0 spiro atoms. The molecule has 2 unspecified atom stereocenters. The van der Waals surface area contributed by atoms with Gasteiger partial charge in [-0.2, -0.15) is 0 Å². The van der Waals surface area contributed by atoms with Gasteiger partial charge in [-0.3, -0.25) is 14.9 Å². The van der Waals surface area contributed by atoms with E-state index in [2.05, 4.69) is 10.6 Å². The van der Waals surface area contributed by atoms with Crippen LogP contribution in [0.25, 0.3) is 0 Å². The van der Waals surface area contributed by atoms with Gasteiger partial charge in [-0.05, 0) is 43.9 Å². The van der Waals surface area contributed by atoms with E-state index < -0.39 is 4.92 Å². The summed E-state index contributed by atoms with van der Waals surface area (Å²) in [5.74, 6) is 0.539. The molecule has 0 aliphatic carbocycles. The van der Waals surface area contributed by atoms with Crippen molar-refractivity contribution >= 4 is 11.6 Å². The number of nitro benzene ring substituents is 1. The van der Waals surface area contributed by atoms with Crippen molar-refractivity contribution in [3.05, 3.63) is 64.2 Å². The minimum absolute atomic E-state index is 0.0695. The van der Waals surface area contributed by atoms with E-state index in [1.807, 2.05) is 18.2 Å². The lowest BCUT2D eigenvalue weighted by molar-refractivity contribution is -0.384. The second-order valence-corrected chi connectivity index (χ2v) is 7.13. The maximum absolute atomic E-state index is 12.9. The average Bonchev–Trinajstić information content (AvgIpc) is 3.01. The normalized spacial score (nSPS) is 23.6. The second kappa shape index (κ2) is 7.36. The predicted molar refractivity (Wildman–Crippen MR) is 100 cm³/mol. The number of piperidine rings is 1. The molecule has 7 heteroatoms. The molecule has 2 aromatic carbocycles. The fraction of sp³-hybridized carbons (Fsp3) is 0.350. The molecule has 2 fully saturated rings. The fourth-order valence-electron chi connectivity index (χ4n) is 3.95. The summed E-state index contributed by atoms with van der Waals surface area (Å²) in [7, 11) is 0. The van der Waals surface area contributed by atoms with Crippen LogP contribution >= 0.6 is 0 Å². The molecule has 1 amide bonds. The minimum Gasteiger partial charge on any atom is -0.457 e. The van der Waals surface area contributed by atoms with Gasteiger partial charge in [0.1, 0.15) is 11.5 Å². The SMILES string of the molecule is O=C(NC1CC2CCC(C1)N2)c1cc([N+](=O)[O-])ccc1Oc1ccccc1. The Morgan fingerprint density at radius 1 is 1.11 bits per heavy atom. The molecule has 0 aromatic heterocycles. The first-order valence-electron chi connectivity index (χ1n) is 9.17. The van der Waals surface area contributed by atoms with Gasteiger partial charge in [0.05, 0.1) is 10.5 Å². The molecule has 2 bridgehead atoms. The molecular weight excluding hydrogens is 346 g/mol. The number of hydrogen-bond acceptors (Lipinski definition) is 5. The van der Waals surface area contributed by atoms with E-state index in [0.29, 0.717) is 23.6 Å². The van der Waals surface area contributed by atoms with Gasteiger partial charge in [-0.1, -0.05) is 18.2 Å². The average molecular weight is 367 g/mol. The number of nitro groups is 1. The highest BCUT2D eigenvalue weighted by Gasteiger charge is 2.34. The lowest BCUT2D eigenvalue weighted by atomic mass is 9.99. The third kappa shape index (κ3) is 3.93. The first-order chi connectivity index (χ1) is 13.1. The number of ether oxygens (including phenoxy) is 1. The van der Waals surface area contributed by atoms with Crippen LogP contribution in [0.4, 0.5) is 5.69 Å². The number of rotatable bonds is 5. The van der Waals surface area contributed by atoms with Gasteiger partial charge in [0.15, 0.2) is 0 Å². The number of nitrogens with one attached hydrogen (secondary N) is 2. The number of fused-ring (bicyclic) bond motifs is 2. The first-order valence-corrected chi connectivity index (χ1v) is 9.17. The van der Waals surface area contributed by atoms with Gasteiger partial charge in [0.2, 0.25) is 0 Å². The van der Waals surface area contributed by atoms with Crippen LogP contribution in [-0.4, -0.2) is 29.0 Å². The van der Waals surface area contributed by atoms with Gasteiger partial charge in [0, 0.05) is 30.3 Å². The van der Waals surface area contributed by atoms with Gasteiger partial charge >= 0.3 is 0 Å². The zero-order chi connectivity index (χ0) is 18.8. The van der Waals surface area contributed by atoms with E-state index >= 15 is 0 Å². The van der Waals surface area contributed by atoms with Crippen molar-refractivity contribution in [2.75, 3.05) is 0 Å². The topological polar surface area (TPSA) is 93.5 Å². The number of non-ortho nitro benzene ring substituents is 1. The summed E-state index contributed by atoms with van der Waals surface area (Å²) in [6.07, 6.45) is 4.03. The number of carbonyl (C=O) groups is 1. The first kappa shape index (κ1) is 17.5. The Bertz CT molecular complexity index is 844. The van der Waals surface area contributed by atoms with Crippen LogP contribution in [0.1, 0.15) is 36.0 Å². The van der Waals surface area contributed by atoms with Crippen molar-refractivity contribution in [1.82, 2.24) is 10.6 Å². The maximum atomic E-state index is 12.9. The molecule has 2 aliphatic heterocycles. The highest BCUT2D eigenvalue weighted by atomic mass is 16.6. The summed E-state index contributed by atoms with van der Waals surface area (Å²) in [5, 5.41) is 17.7. The van der Waals surface area contributed by atoms with E-state index in [4.69, 9.17) is 4.74 Å².